The van der Waals surface area contributed by atoms with E-state index in [1.807, 2.05) is 62.5 Å². The van der Waals surface area contributed by atoms with E-state index in [4.69, 9.17) is 0 Å². The maximum atomic E-state index is 13.5. The van der Waals surface area contributed by atoms with Crippen molar-refractivity contribution in [3.05, 3.63) is 65.4 Å². The van der Waals surface area contributed by atoms with Gasteiger partial charge in [-0.25, -0.2) is 9.48 Å². The van der Waals surface area contributed by atoms with Gasteiger partial charge in [-0.1, -0.05) is 42.5 Å². The van der Waals surface area contributed by atoms with Gasteiger partial charge >= 0.3 is 6.03 Å². The molecule has 154 valence electrons. The number of rotatable bonds is 4. The molecule has 1 N–H and O–H groups in total. The fraction of sp³-hybridized carbons (Fsp3) is 0.273. The van der Waals surface area contributed by atoms with Crippen molar-refractivity contribution in [3.63, 3.8) is 0 Å². The summed E-state index contributed by atoms with van der Waals surface area (Å²) in [5.41, 5.74) is 4.21. The molecule has 0 fully saturated rings. The molecule has 4 rings (SSSR count). The van der Waals surface area contributed by atoms with E-state index in [2.05, 4.69) is 15.6 Å². The molecule has 1 unspecified atom stereocenters. The molecule has 0 saturated heterocycles. The number of hydrogen-bond donors (Lipinski definition) is 1. The van der Waals surface area contributed by atoms with Crippen molar-refractivity contribution in [2.45, 2.75) is 19.4 Å². The van der Waals surface area contributed by atoms with Crippen molar-refractivity contribution < 1.29 is 9.59 Å². The van der Waals surface area contributed by atoms with E-state index in [9.17, 15) is 9.59 Å². The zero-order valence-corrected chi connectivity index (χ0v) is 17.5. The average molecular weight is 404 g/mol. The first kappa shape index (κ1) is 19.6. The number of nitrogens with zero attached hydrogens (tertiary/aromatic N) is 5. The fourth-order valence-electron chi connectivity index (χ4n) is 4.06. The highest BCUT2D eigenvalue weighted by Crippen LogP contribution is 2.39. The summed E-state index contributed by atoms with van der Waals surface area (Å²) >= 11 is 0. The number of aromatic nitrogens is 3. The molecule has 3 amide bonds. The molecule has 1 aliphatic rings. The quantitative estimate of drug-likeness (QED) is 0.723. The van der Waals surface area contributed by atoms with Crippen molar-refractivity contribution in [3.8, 4) is 0 Å². The highest BCUT2D eigenvalue weighted by Gasteiger charge is 2.40. The lowest BCUT2D eigenvalue weighted by Gasteiger charge is -2.40. The summed E-state index contributed by atoms with van der Waals surface area (Å²) in [7, 11) is 5.23. The summed E-state index contributed by atoms with van der Waals surface area (Å²) in [6.45, 7) is 1.94. The highest BCUT2D eigenvalue weighted by molar-refractivity contribution is 6.07. The molecule has 1 atom stereocenters. The first-order valence-corrected chi connectivity index (χ1v) is 9.82. The minimum absolute atomic E-state index is 0.172. The van der Waals surface area contributed by atoms with E-state index in [0.717, 1.165) is 11.1 Å². The number of benzene rings is 2. The van der Waals surface area contributed by atoms with Crippen LogP contribution in [0, 0.1) is 0 Å². The normalized spacial score (nSPS) is 17.1. The van der Waals surface area contributed by atoms with E-state index in [0.29, 0.717) is 28.9 Å². The molecule has 8 nitrogen and oxygen atoms in total. The van der Waals surface area contributed by atoms with Gasteiger partial charge in [0, 0.05) is 38.1 Å². The Morgan fingerprint density at radius 3 is 2.50 bits per heavy atom. The number of allylic oxidation sites excluding steroid dienone is 1. The number of nitrogens with one attached hydrogen (secondary N) is 1. The fourth-order valence-corrected chi connectivity index (χ4v) is 4.06. The molecule has 0 aliphatic carbocycles. The predicted molar refractivity (Wildman–Crippen MR) is 115 cm³/mol. The number of para-hydroxylation sites is 1. The van der Waals surface area contributed by atoms with Crippen molar-refractivity contribution in [1.82, 2.24) is 24.8 Å². The second kappa shape index (κ2) is 7.62. The van der Waals surface area contributed by atoms with Gasteiger partial charge in [-0.05, 0) is 24.6 Å². The van der Waals surface area contributed by atoms with Gasteiger partial charge in [0.1, 0.15) is 5.52 Å². The van der Waals surface area contributed by atoms with Crippen LogP contribution < -0.4 is 5.32 Å². The number of amides is 3. The molecule has 1 aliphatic heterocycles. The van der Waals surface area contributed by atoms with Crippen LogP contribution >= 0.6 is 0 Å². The zero-order valence-electron chi connectivity index (χ0n) is 17.5. The predicted octanol–water partition coefficient (Wildman–Crippen LogP) is 3.31. The third-order valence-electron chi connectivity index (χ3n) is 5.54. The molecular weight excluding hydrogens is 380 g/mol. The number of anilines is 1. The molecule has 0 saturated carbocycles. The van der Waals surface area contributed by atoms with Gasteiger partial charge in [-0.2, -0.15) is 0 Å². The number of carbonyl (C=O) groups excluding carboxylic acids is 2. The van der Waals surface area contributed by atoms with Crippen LogP contribution in [0.2, 0.25) is 0 Å². The largest absolute Gasteiger partial charge is 0.324 e. The first-order chi connectivity index (χ1) is 14.4. The number of likely N-dealkylation sites (N-methyl/N-ethyl adjacent to an activating group) is 1. The minimum Gasteiger partial charge on any atom is -0.322 e. The van der Waals surface area contributed by atoms with Crippen molar-refractivity contribution in [2.75, 3.05) is 19.4 Å². The Balaban J connectivity index is 1.90. The molecule has 2 aromatic carbocycles. The molecule has 30 heavy (non-hydrogen) atoms. The Bertz CT molecular complexity index is 1150. The second-order valence-electron chi connectivity index (χ2n) is 7.32. The highest BCUT2D eigenvalue weighted by atomic mass is 16.2. The Morgan fingerprint density at radius 1 is 1.07 bits per heavy atom. The van der Waals surface area contributed by atoms with Crippen LogP contribution in [0.3, 0.4) is 0 Å². The van der Waals surface area contributed by atoms with Crippen molar-refractivity contribution >= 4 is 28.7 Å². The van der Waals surface area contributed by atoms with Crippen LogP contribution in [-0.4, -0.2) is 50.8 Å². The Hall–Kier alpha value is -3.68. The maximum Gasteiger partial charge on any atom is 0.324 e. The summed E-state index contributed by atoms with van der Waals surface area (Å²) < 4.78 is 1.68. The Morgan fingerprint density at radius 2 is 1.80 bits per heavy atom. The van der Waals surface area contributed by atoms with Crippen LogP contribution in [-0.2, 0) is 11.8 Å². The molecule has 1 aromatic heterocycles. The van der Waals surface area contributed by atoms with Crippen LogP contribution in [0.25, 0.3) is 11.0 Å². The third kappa shape index (κ3) is 3.10. The molecule has 3 aromatic rings. The molecular formula is C22H24N6O2. The summed E-state index contributed by atoms with van der Waals surface area (Å²) in [6.07, 6.45) is 0.542. The SMILES string of the molecule is CCC1=C(C(=O)Nc2ccccc2)C(c2cccc3c2nnn3C)N(C)C(=O)N1C. The van der Waals surface area contributed by atoms with Crippen LogP contribution in [0.5, 0.6) is 0 Å². The number of carbonyl (C=O) groups is 2. The smallest absolute Gasteiger partial charge is 0.322 e. The lowest BCUT2D eigenvalue weighted by Crippen LogP contribution is -2.48. The lowest BCUT2D eigenvalue weighted by molar-refractivity contribution is -0.113. The van der Waals surface area contributed by atoms with Gasteiger partial charge in [0.15, 0.2) is 0 Å². The van der Waals surface area contributed by atoms with Gasteiger partial charge in [0.05, 0.1) is 17.1 Å². The van der Waals surface area contributed by atoms with Gasteiger partial charge < -0.3 is 15.1 Å². The third-order valence-corrected chi connectivity index (χ3v) is 5.54. The van der Waals surface area contributed by atoms with E-state index >= 15 is 0 Å². The average Bonchev–Trinajstić information content (AvgIpc) is 3.14. The zero-order chi connectivity index (χ0) is 21.4. The number of aryl methyl sites for hydroxylation is 1. The van der Waals surface area contributed by atoms with Crippen molar-refractivity contribution in [1.29, 1.82) is 0 Å². The number of urea groups is 1. The Labute approximate surface area is 174 Å². The topological polar surface area (TPSA) is 83.4 Å². The number of fused-ring (bicyclic) bond motifs is 1. The molecule has 0 spiro atoms. The standard InChI is InChI=1S/C22H24N6O2/c1-5-16-18(21(29)23-14-10-7-6-8-11-14)20(27(3)22(30)26(16)2)15-12-9-13-17-19(15)24-25-28(17)4/h6-13,20H,5H2,1-4H3,(H,23,29). The summed E-state index contributed by atoms with van der Waals surface area (Å²) in [4.78, 5) is 29.6. The van der Waals surface area contributed by atoms with Crippen molar-refractivity contribution in [2.24, 2.45) is 7.05 Å². The number of hydrogen-bond acceptors (Lipinski definition) is 4. The molecule has 0 bridgehead atoms. The van der Waals surface area contributed by atoms with Gasteiger partial charge in [-0.15, -0.1) is 5.10 Å². The molecule has 2 heterocycles. The van der Waals surface area contributed by atoms with E-state index in [1.165, 1.54) is 0 Å². The van der Waals surface area contributed by atoms with Crippen LogP contribution in [0.4, 0.5) is 10.5 Å². The maximum absolute atomic E-state index is 13.5. The van der Waals surface area contributed by atoms with Gasteiger partial charge in [0.2, 0.25) is 0 Å². The Kier molecular flexibility index (Phi) is 4.99. The summed E-state index contributed by atoms with van der Waals surface area (Å²) in [5.74, 6) is -0.241. The van der Waals surface area contributed by atoms with E-state index in [1.54, 1.807) is 28.6 Å². The van der Waals surface area contributed by atoms with E-state index < -0.39 is 6.04 Å². The first-order valence-electron chi connectivity index (χ1n) is 9.82. The molecule has 8 heteroatoms. The van der Waals surface area contributed by atoms with Crippen LogP contribution in [0.15, 0.2) is 59.8 Å². The second-order valence-corrected chi connectivity index (χ2v) is 7.32. The monoisotopic (exact) mass is 404 g/mol. The van der Waals surface area contributed by atoms with Gasteiger partial charge in [-0.3, -0.25) is 4.79 Å². The lowest BCUT2D eigenvalue weighted by atomic mass is 9.91. The summed E-state index contributed by atoms with van der Waals surface area (Å²) in [5, 5.41) is 11.4. The summed E-state index contributed by atoms with van der Waals surface area (Å²) in [6, 6.07) is 14.3. The molecule has 0 radical (unpaired) electrons. The van der Waals surface area contributed by atoms with E-state index in [-0.39, 0.29) is 11.9 Å². The van der Waals surface area contributed by atoms with Crippen LogP contribution in [0.1, 0.15) is 24.9 Å². The minimum atomic E-state index is -0.576. The van der Waals surface area contributed by atoms with Gasteiger partial charge in [0.25, 0.3) is 5.91 Å².